The number of carbonyl (C=O) groups excluding carboxylic acids is 1. The van der Waals surface area contributed by atoms with Gasteiger partial charge in [0, 0.05) is 13.0 Å². The van der Waals surface area contributed by atoms with E-state index < -0.39 is 19.9 Å². The zero-order valence-electron chi connectivity index (χ0n) is 33.5. The van der Waals surface area contributed by atoms with Crippen molar-refractivity contribution in [1.82, 2.24) is 0 Å². The molecule has 0 fully saturated rings. The third-order valence-corrected chi connectivity index (χ3v) is 9.81. The van der Waals surface area contributed by atoms with Crippen molar-refractivity contribution in [3.63, 3.8) is 0 Å². The number of phosphoric acid groups is 1. The molecule has 3 N–H and O–H groups in total. The zero-order valence-corrected chi connectivity index (χ0v) is 34.4. The number of allylic oxidation sites excluding steroid dienone is 7. The highest BCUT2D eigenvalue weighted by Crippen LogP contribution is 2.43. The Bertz CT molecular complexity index is 936. The topological polar surface area (TPSA) is 117 Å². The van der Waals surface area contributed by atoms with Gasteiger partial charge >= 0.3 is 13.8 Å². The molecule has 52 heavy (non-hydrogen) atoms. The summed E-state index contributed by atoms with van der Waals surface area (Å²) in [5, 5.41) is 0. The lowest BCUT2D eigenvalue weighted by Crippen LogP contribution is -2.27. The van der Waals surface area contributed by atoms with Gasteiger partial charge in [-0.05, 0) is 51.0 Å². The van der Waals surface area contributed by atoms with E-state index in [1.165, 1.54) is 128 Å². The number of hydrogen-bond donors (Lipinski definition) is 2. The van der Waals surface area contributed by atoms with Crippen LogP contribution in [0.3, 0.4) is 0 Å². The highest BCUT2D eigenvalue weighted by atomic mass is 31.2. The van der Waals surface area contributed by atoms with Gasteiger partial charge in [0.15, 0.2) is 6.10 Å². The smallest absolute Gasteiger partial charge is 0.472 e. The van der Waals surface area contributed by atoms with Crippen molar-refractivity contribution >= 4 is 13.8 Å². The largest absolute Gasteiger partial charge is 0.498 e. The zero-order chi connectivity index (χ0) is 38.1. The van der Waals surface area contributed by atoms with E-state index in [1.807, 2.05) is 18.2 Å². The van der Waals surface area contributed by atoms with Gasteiger partial charge in [0.25, 0.3) is 0 Å². The first-order valence-corrected chi connectivity index (χ1v) is 22.7. The lowest BCUT2D eigenvalue weighted by molar-refractivity contribution is -0.153. The maximum absolute atomic E-state index is 12.5. The van der Waals surface area contributed by atoms with Crippen molar-refractivity contribution in [2.75, 3.05) is 26.4 Å². The highest BCUT2D eigenvalue weighted by Gasteiger charge is 2.25. The Hall–Kier alpha value is -1.70. The predicted octanol–water partition coefficient (Wildman–Crippen LogP) is 12.8. The molecule has 2 unspecified atom stereocenters. The summed E-state index contributed by atoms with van der Waals surface area (Å²) >= 11 is 0. The standard InChI is InChI=1S/C43H80NO7P/c1-3-5-7-9-11-13-15-17-19-21-22-24-26-28-30-32-34-36-43(45)51-42(41-50-52(46,47)49-39-37-44)40-48-38-35-33-31-29-27-25-23-20-18-16-14-12-10-8-6-4-2/h19,21,24,26,30,32,35,38,42H,3-18,20,22-23,25,27-29,31,33-34,36-37,39-41,44H2,1-2H3,(H,46,47)/b21-19-,26-24-,32-30-,38-35+. The molecule has 8 nitrogen and oxygen atoms in total. The van der Waals surface area contributed by atoms with Crippen molar-refractivity contribution in [1.29, 1.82) is 0 Å². The summed E-state index contributed by atoms with van der Waals surface area (Å²) in [6.07, 6.45) is 48.1. The molecular weight excluding hydrogens is 673 g/mol. The third-order valence-electron chi connectivity index (χ3n) is 8.83. The van der Waals surface area contributed by atoms with E-state index in [2.05, 4.69) is 38.2 Å². The molecule has 9 heteroatoms. The number of esters is 1. The third kappa shape index (κ3) is 39.5. The van der Waals surface area contributed by atoms with Crippen LogP contribution >= 0.6 is 7.82 Å². The lowest BCUT2D eigenvalue weighted by atomic mass is 10.0. The van der Waals surface area contributed by atoms with Crippen LogP contribution in [0, 0.1) is 0 Å². The van der Waals surface area contributed by atoms with E-state index in [0.717, 1.165) is 32.1 Å². The first kappa shape index (κ1) is 50.3. The minimum atomic E-state index is -4.31. The summed E-state index contributed by atoms with van der Waals surface area (Å²) in [6.45, 7) is 4.17. The number of phosphoric ester groups is 1. The SMILES string of the molecule is CCCCCCCCC/C=C\C/C=C\C/C=C\CCC(=O)OC(CO/C=C/CCCCCCCCCCCCCCCC)COP(=O)(O)OCCN. The fourth-order valence-corrected chi connectivity index (χ4v) is 6.46. The van der Waals surface area contributed by atoms with E-state index in [9.17, 15) is 14.3 Å². The van der Waals surface area contributed by atoms with Crippen molar-refractivity contribution < 1.29 is 32.8 Å². The molecule has 0 aromatic heterocycles. The second kappa shape index (κ2) is 40.5. The molecule has 304 valence electrons. The van der Waals surface area contributed by atoms with Crippen LogP contribution in [0.25, 0.3) is 0 Å². The summed E-state index contributed by atoms with van der Waals surface area (Å²) in [6, 6.07) is 0. The fourth-order valence-electron chi connectivity index (χ4n) is 5.70. The van der Waals surface area contributed by atoms with Crippen molar-refractivity contribution in [2.45, 2.75) is 193 Å². The summed E-state index contributed by atoms with van der Waals surface area (Å²) in [5.41, 5.74) is 5.35. The van der Waals surface area contributed by atoms with E-state index in [-0.39, 0.29) is 32.8 Å². The van der Waals surface area contributed by atoms with E-state index in [0.29, 0.717) is 6.42 Å². The molecule has 0 aliphatic carbocycles. The molecule has 0 saturated heterocycles. The minimum absolute atomic E-state index is 0.00595. The lowest BCUT2D eigenvalue weighted by Gasteiger charge is -2.19. The Kier molecular flexibility index (Phi) is 39.2. The quantitative estimate of drug-likeness (QED) is 0.0209. The van der Waals surface area contributed by atoms with Crippen molar-refractivity contribution in [3.05, 3.63) is 48.8 Å². The summed E-state index contributed by atoms with van der Waals surface area (Å²) in [4.78, 5) is 22.4. The number of rotatable bonds is 40. The van der Waals surface area contributed by atoms with Gasteiger partial charge in [-0.2, -0.15) is 0 Å². The number of hydrogen-bond acceptors (Lipinski definition) is 7. The van der Waals surface area contributed by atoms with Crippen LogP contribution in [0.1, 0.15) is 187 Å². The number of ether oxygens (including phenoxy) is 2. The first-order valence-electron chi connectivity index (χ1n) is 21.2. The molecule has 0 heterocycles. The van der Waals surface area contributed by atoms with Crippen molar-refractivity contribution in [3.8, 4) is 0 Å². The molecule has 0 aromatic rings. The fraction of sp³-hybridized carbons (Fsp3) is 0.791. The first-order chi connectivity index (χ1) is 25.4. The molecule has 2 atom stereocenters. The van der Waals surface area contributed by atoms with Crippen LogP contribution in [0.5, 0.6) is 0 Å². The molecule has 0 aliphatic rings. The second-order valence-corrected chi connectivity index (χ2v) is 15.4. The van der Waals surface area contributed by atoms with Gasteiger partial charge in [-0.25, -0.2) is 4.57 Å². The van der Waals surface area contributed by atoms with Crippen LogP contribution in [0.15, 0.2) is 48.8 Å². The molecule has 0 spiro atoms. The van der Waals surface area contributed by atoms with Gasteiger partial charge < -0.3 is 20.1 Å². The van der Waals surface area contributed by atoms with Crippen LogP contribution in [0.4, 0.5) is 0 Å². The molecule has 0 aliphatic heterocycles. The van der Waals surface area contributed by atoms with Crippen molar-refractivity contribution in [2.24, 2.45) is 5.73 Å². The maximum atomic E-state index is 12.5. The minimum Gasteiger partial charge on any atom is -0.498 e. The average Bonchev–Trinajstić information content (AvgIpc) is 3.13. The van der Waals surface area contributed by atoms with Crippen LogP contribution in [0.2, 0.25) is 0 Å². The van der Waals surface area contributed by atoms with E-state index >= 15 is 0 Å². The molecule has 0 radical (unpaired) electrons. The van der Waals surface area contributed by atoms with E-state index in [1.54, 1.807) is 6.26 Å². The summed E-state index contributed by atoms with van der Waals surface area (Å²) < 4.78 is 33.1. The molecular formula is C43H80NO7P. The van der Waals surface area contributed by atoms with E-state index in [4.69, 9.17) is 24.3 Å². The second-order valence-electron chi connectivity index (χ2n) is 13.9. The number of carbonyl (C=O) groups is 1. The Morgan fingerprint density at radius 1 is 0.596 bits per heavy atom. The molecule has 0 bridgehead atoms. The molecule has 0 aromatic carbocycles. The van der Waals surface area contributed by atoms with Crippen LogP contribution in [-0.4, -0.2) is 43.3 Å². The number of nitrogens with two attached hydrogens (primary N) is 1. The van der Waals surface area contributed by atoms with Gasteiger partial charge in [0.2, 0.25) is 0 Å². The molecule has 0 rings (SSSR count). The Labute approximate surface area is 320 Å². The van der Waals surface area contributed by atoms with Gasteiger partial charge in [-0.1, -0.05) is 172 Å². The Morgan fingerprint density at radius 3 is 1.54 bits per heavy atom. The molecule has 0 amide bonds. The van der Waals surface area contributed by atoms with Gasteiger partial charge in [0.1, 0.15) is 6.61 Å². The van der Waals surface area contributed by atoms with Crippen LogP contribution < -0.4 is 5.73 Å². The highest BCUT2D eigenvalue weighted by molar-refractivity contribution is 7.47. The Balaban J connectivity index is 4.20. The van der Waals surface area contributed by atoms with Crippen LogP contribution in [-0.2, 0) is 27.9 Å². The predicted molar refractivity (Wildman–Crippen MR) is 219 cm³/mol. The maximum Gasteiger partial charge on any atom is 0.472 e. The monoisotopic (exact) mass is 754 g/mol. The van der Waals surface area contributed by atoms with Gasteiger partial charge in [-0.15, -0.1) is 0 Å². The summed E-state index contributed by atoms with van der Waals surface area (Å²) in [5.74, 6) is -0.425. The summed E-state index contributed by atoms with van der Waals surface area (Å²) in [7, 11) is -4.31. The average molecular weight is 754 g/mol. The van der Waals surface area contributed by atoms with Gasteiger partial charge in [0.05, 0.1) is 19.5 Å². The normalized spacial score (nSPS) is 13.9. The Morgan fingerprint density at radius 2 is 1.04 bits per heavy atom. The van der Waals surface area contributed by atoms with Gasteiger partial charge in [-0.3, -0.25) is 13.8 Å². The molecule has 0 saturated carbocycles. The number of unbranched alkanes of at least 4 members (excludes halogenated alkanes) is 21.